The van der Waals surface area contributed by atoms with Gasteiger partial charge in [-0.3, -0.25) is 4.79 Å². The van der Waals surface area contributed by atoms with Crippen LogP contribution in [0.25, 0.3) is 0 Å². The summed E-state index contributed by atoms with van der Waals surface area (Å²) in [5.74, 6) is -0.586. The number of likely N-dealkylation sites (tertiary alicyclic amines) is 1. The van der Waals surface area contributed by atoms with Crippen molar-refractivity contribution < 1.29 is 23.5 Å². The molecule has 0 saturated carbocycles. The zero-order valence-corrected chi connectivity index (χ0v) is 12.8. The molecule has 1 aromatic rings. The van der Waals surface area contributed by atoms with E-state index in [1.165, 1.54) is 18.9 Å². The molecule has 1 fully saturated rings. The van der Waals surface area contributed by atoms with Crippen molar-refractivity contribution in [2.24, 2.45) is 5.41 Å². The SMILES string of the molecule is COC(=O)C1(C)CCN(C(=O)OCc2ccccc2)CC1F. The summed E-state index contributed by atoms with van der Waals surface area (Å²) in [5.41, 5.74) is -0.339. The van der Waals surface area contributed by atoms with E-state index in [4.69, 9.17) is 4.74 Å². The normalized spacial score (nSPS) is 24.7. The number of hydrogen-bond acceptors (Lipinski definition) is 4. The largest absolute Gasteiger partial charge is 0.469 e. The minimum atomic E-state index is -1.47. The molecule has 1 saturated heterocycles. The third-order valence-corrected chi connectivity index (χ3v) is 4.09. The van der Waals surface area contributed by atoms with Gasteiger partial charge in [-0.2, -0.15) is 0 Å². The van der Waals surface area contributed by atoms with E-state index in [0.717, 1.165) is 5.56 Å². The topological polar surface area (TPSA) is 55.8 Å². The summed E-state index contributed by atoms with van der Waals surface area (Å²) in [6, 6.07) is 9.26. The smallest absolute Gasteiger partial charge is 0.410 e. The quantitative estimate of drug-likeness (QED) is 0.805. The molecule has 120 valence electrons. The number of halogens is 1. The predicted octanol–water partition coefficient (Wildman–Crippen LogP) is 2.55. The van der Waals surface area contributed by atoms with Gasteiger partial charge in [0.2, 0.25) is 0 Å². The molecule has 22 heavy (non-hydrogen) atoms. The van der Waals surface area contributed by atoms with Gasteiger partial charge in [-0.1, -0.05) is 30.3 Å². The second kappa shape index (κ2) is 6.77. The molecule has 1 heterocycles. The highest BCUT2D eigenvalue weighted by molar-refractivity contribution is 5.78. The molecule has 6 heteroatoms. The minimum absolute atomic E-state index is 0.140. The maximum absolute atomic E-state index is 14.3. The maximum Gasteiger partial charge on any atom is 0.410 e. The van der Waals surface area contributed by atoms with Crippen molar-refractivity contribution in [3.63, 3.8) is 0 Å². The Labute approximate surface area is 129 Å². The average molecular weight is 309 g/mol. The summed E-state index contributed by atoms with van der Waals surface area (Å²) in [6.45, 7) is 1.76. The third-order valence-electron chi connectivity index (χ3n) is 4.09. The number of ether oxygens (including phenoxy) is 2. The van der Waals surface area contributed by atoms with Gasteiger partial charge in [-0.15, -0.1) is 0 Å². The number of rotatable bonds is 3. The summed E-state index contributed by atoms with van der Waals surface area (Å²) >= 11 is 0. The molecule has 1 aliphatic heterocycles. The molecule has 2 unspecified atom stereocenters. The molecule has 0 N–H and O–H groups in total. The van der Waals surface area contributed by atoms with E-state index in [0.29, 0.717) is 0 Å². The Bertz CT molecular complexity index is 536. The molecule has 1 aliphatic rings. The van der Waals surface area contributed by atoms with E-state index in [1.54, 1.807) is 0 Å². The third kappa shape index (κ3) is 3.37. The molecule has 0 aromatic heterocycles. The van der Waals surface area contributed by atoms with Crippen molar-refractivity contribution in [3.8, 4) is 0 Å². The Kier molecular flexibility index (Phi) is 5.00. The number of methoxy groups -OCH3 is 1. The summed E-state index contributed by atoms with van der Waals surface area (Å²) in [4.78, 5) is 25.0. The van der Waals surface area contributed by atoms with Gasteiger partial charge < -0.3 is 14.4 Å². The van der Waals surface area contributed by atoms with Crippen molar-refractivity contribution in [2.45, 2.75) is 26.1 Å². The molecule has 0 aliphatic carbocycles. The molecular formula is C16H20FNO4. The van der Waals surface area contributed by atoms with Crippen LogP contribution in [-0.2, 0) is 20.9 Å². The number of benzene rings is 1. The minimum Gasteiger partial charge on any atom is -0.469 e. The van der Waals surface area contributed by atoms with Gasteiger partial charge in [0.25, 0.3) is 0 Å². The first-order valence-electron chi connectivity index (χ1n) is 7.15. The molecule has 2 rings (SSSR count). The van der Waals surface area contributed by atoms with E-state index >= 15 is 0 Å². The van der Waals surface area contributed by atoms with Crippen LogP contribution in [0.2, 0.25) is 0 Å². The number of nitrogens with zero attached hydrogens (tertiary/aromatic N) is 1. The van der Waals surface area contributed by atoms with E-state index in [2.05, 4.69) is 4.74 Å². The van der Waals surface area contributed by atoms with Gasteiger partial charge in [0, 0.05) is 6.54 Å². The summed E-state index contributed by atoms with van der Waals surface area (Å²) < 4.78 is 24.1. The molecule has 1 aromatic carbocycles. The molecule has 0 spiro atoms. The van der Waals surface area contributed by atoms with Gasteiger partial charge in [0.1, 0.15) is 12.8 Å². The molecule has 2 atom stereocenters. The Morgan fingerprint density at radius 3 is 2.64 bits per heavy atom. The monoisotopic (exact) mass is 309 g/mol. The van der Waals surface area contributed by atoms with E-state index in [-0.39, 0.29) is 26.1 Å². The molecule has 1 amide bonds. The van der Waals surface area contributed by atoms with Crippen LogP contribution in [0.3, 0.4) is 0 Å². The zero-order chi connectivity index (χ0) is 16.2. The number of esters is 1. The first kappa shape index (κ1) is 16.3. The van der Waals surface area contributed by atoms with Gasteiger partial charge in [0.05, 0.1) is 19.1 Å². The second-order valence-corrected chi connectivity index (χ2v) is 5.61. The number of hydrogen-bond donors (Lipinski definition) is 0. The van der Waals surface area contributed by atoms with Crippen molar-refractivity contribution in [2.75, 3.05) is 20.2 Å². The van der Waals surface area contributed by atoms with Gasteiger partial charge >= 0.3 is 12.1 Å². The van der Waals surface area contributed by atoms with Crippen molar-refractivity contribution in [3.05, 3.63) is 35.9 Å². The van der Waals surface area contributed by atoms with E-state index in [1.807, 2.05) is 30.3 Å². The van der Waals surface area contributed by atoms with Crippen LogP contribution in [0.5, 0.6) is 0 Å². The molecule has 0 radical (unpaired) electrons. The fourth-order valence-corrected chi connectivity index (χ4v) is 2.45. The first-order valence-corrected chi connectivity index (χ1v) is 7.15. The summed E-state index contributed by atoms with van der Waals surface area (Å²) in [6.07, 6.45) is -1.84. The Morgan fingerprint density at radius 2 is 2.05 bits per heavy atom. The van der Waals surface area contributed by atoms with Crippen LogP contribution >= 0.6 is 0 Å². The first-order chi connectivity index (χ1) is 10.5. The lowest BCUT2D eigenvalue weighted by molar-refractivity contribution is -0.159. The Hall–Kier alpha value is -2.11. The van der Waals surface area contributed by atoms with E-state index in [9.17, 15) is 14.0 Å². The fraction of sp³-hybridized carbons (Fsp3) is 0.500. The van der Waals surface area contributed by atoms with Crippen molar-refractivity contribution in [1.29, 1.82) is 0 Å². The summed E-state index contributed by atoms with van der Waals surface area (Å²) in [7, 11) is 1.24. The molecule has 5 nitrogen and oxygen atoms in total. The number of amides is 1. The molecule has 0 bridgehead atoms. The Balaban J connectivity index is 1.90. The predicted molar refractivity (Wildman–Crippen MR) is 77.8 cm³/mol. The highest BCUT2D eigenvalue weighted by atomic mass is 19.1. The summed E-state index contributed by atoms with van der Waals surface area (Å²) in [5, 5.41) is 0. The molecular weight excluding hydrogens is 289 g/mol. The highest BCUT2D eigenvalue weighted by Crippen LogP contribution is 2.35. The highest BCUT2D eigenvalue weighted by Gasteiger charge is 2.47. The van der Waals surface area contributed by atoms with Crippen molar-refractivity contribution in [1.82, 2.24) is 4.90 Å². The lowest BCUT2D eigenvalue weighted by Crippen LogP contribution is -2.53. The Morgan fingerprint density at radius 1 is 1.36 bits per heavy atom. The maximum atomic E-state index is 14.3. The van der Waals surface area contributed by atoms with Crippen LogP contribution in [-0.4, -0.2) is 43.3 Å². The van der Waals surface area contributed by atoms with E-state index < -0.39 is 23.6 Å². The lowest BCUT2D eigenvalue weighted by Gasteiger charge is -2.39. The van der Waals surface area contributed by atoms with Gasteiger partial charge in [0.15, 0.2) is 0 Å². The lowest BCUT2D eigenvalue weighted by atomic mass is 9.79. The van der Waals surface area contributed by atoms with Gasteiger partial charge in [-0.05, 0) is 18.9 Å². The van der Waals surface area contributed by atoms with Crippen LogP contribution in [0, 0.1) is 5.41 Å². The van der Waals surface area contributed by atoms with Crippen LogP contribution in [0.15, 0.2) is 30.3 Å². The van der Waals surface area contributed by atoms with Crippen LogP contribution in [0.4, 0.5) is 9.18 Å². The standard InChI is InChI=1S/C16H20FNO4/c1-16(14(19)21-2)8-9-18(10-13(16)17)15(20)22-11-12-6-4-3-5-7-12/h3-7,13H,8-11H2,1-2H3. The second-order valence-electron chi connectivity index (χ2n) is 5.61. The number of carbonyl (C=O) groups excluding carboxylic acids is 2. The fourth-order valence-electron chi connectivity index (χ4n) is 2.45. The number of alkyl halides is 1. The average Bonchev–Trinajstić information content (AvgIpc) is 2.55. The van der Waals surface area contributed by atoms with Crippen LogP contribution in [0.1, 0.15) is 18.9 Å². The van der Waals surface area contributed by atoms with Crippen LogP contribution < -0.4 is 0 Å². The van der Waals surface area contributed by atoms with Gasteiger partial charge in [-0.25, -0.2) is 9.18 Å². The number of piperidine rings is 1. The van der Waals surface area contributed by atoms with Crippen molar-refractivity contribution >= 4 is 12.1 Å². The number of carbonyl (C=O) groups is 2. The zero-order valence-electron chi connectivity index (χ0n) is 12.8.